The molecule has 0 bridgehead atoms. The van der Waals surface area contributed by atoms with Crippen LogP contribution in [0, 0.1) is 0 Å². The van der Waals surface area contributed by atoms with E-state index in [1.807, 2.05) is 24.3 Å². The third-order valence-electron chi connectivity index (χ3n) is 4.66. The Balaban J connectivity index is 1.38. The van der Waals surface area contributed by atoms with Gasteiger partial charge >= 0.3 is 5.97 Å². The molecule has 1 heterocycles. The zero-order valence-electron chi connectivity index (χ0n) is 15.6. The minimum atomic E-state index is -0.813. The Morgan fingerprint density at radius 2 is 1.96 bits per heavy atom. The molecule has 3 rings (SSSR count). The van der Waals surface area contributed by atoms with Gasteiger partial charge in [-0.2, -0.15) is 0 Å². The van der Waals surface area contributed by atoms with Crippen LogP contribution >= 0.6 is 11.3 Å². The van der Waals surface area contributed by atoms with E-state index in [1.165, 1.54) is 24.2 Å². The van der Waals surface area contributed by atoms with Crippen LogP contribution in [0.4, 0.5) is 0 Å². The quantitative estimate of drug-likeness (QED) is 0.577. The van der Waals surface area contributed by atoms with E-state index >= 15 is 0 Å². The Kier molecular flexibility index (Phi) is 7.18. The molecule has 7 heteroatoms. The Morgan fingerprint density at radius 1 is 1.22 bits per heavy atom. The third-order valence-corrected chi connectivity index (χ3v) is 5.67. The van der Waals surface area contributed by atoms with E-state index in [1.54, 1.807) is 6.92 Å². The molecule has 0 saturated heterocycles. The number of ether oxygens (including phenoxy) is 2. The summed E-state index contributed by atoms with van der Waals surface area (Å²) in [6.07, 6.45) is 5.91. The fourth-order valence-corrected chi connectivity index (χ4v) is 4.14. The van der Waals surface area contributed by atoms with Crippen molar-refractivity contribution in [3.8, 4) is 0 Å². The third kappa shape index (κ3) is 6.01. The number of carbonyl (C=O) groups is 2. The van der Waals surface area contributed by atoms with E-state index < -0.39 is 12.1 Å². The average molecular weight is 391 g/mol. The predicted molar refractivity (Wildman–Crippen MR) is 104 cm³/mol. The topological polar surface area (TPSA) is 77.5 Å². The number of para-hydroxylation sites is 1. The van der Waals surface area contributed by atoms with Crippen molar-refractivity contribution >= 4 is 33.4 Å². The molecule has 1 aliphatic rings. The van der Waals surface area contributed by atoms with Gasteiger partial charge < -0.3 is 14.8 Å². The van der Waals surface area contributed by atoms with Crippen LogP contribution in [-0.4, -0.2) is 35.6 Å². The first-order valence-electron chi connectivity index (χ1n) is 9.54. The molecule has 1 aromatic carbocycles. The highest BCUT2D eigenvalue weighted by Gasteiger charge is 2.21. The van der Waals surface area contributed by atoms with Crippen molar-refractivity contribution < 1.29 is 19.1 Å². The fourth-order valence-electron chi connectivity index (χ4n) is 3.23. The first-order valence-corrected chi connectivity index (χ1v) is 10.4. The second-order valence-corrected chi connectivity index (χ2v) is 8.01. The van der Waals surface area contributed by atoms with Crippen LogP contribution in [0.5, 0.6) is 0 Å². The van der Waals surface area contributed by atoms with Gasteiger partial charge in [0, 0.05) is 6.04 Å². The zero-order chi connectivity index (χ0) is 19.1. The molecule has 1 aliphatic carbocycles. The number of thiazole rings is 1. The molecule has 1 atom stereocenters. The average Bonchev–Trinajstić information content (AvgIpc) is 2.89. The lowest BCUT2D eigenvalue weighted by atomic mass is 10.1. The van der Waals surface area contributed by atoms with E-state index in [0.717, 1.165) is 40.9 Å². The highest BCUT2D eigenvalue weighted by molar-refractivity contribution is 7.18. The smallest absolute Gasteiger partial charge is 0.332 e. The van der Waals surface area contributed by atoms with Gasteiger partial charge in [0.25, 0.3) is 5.91 Å². The molecule has 1 N–H and O–H groups in total. The monoisotopic (exact) mass is 390 g/mol. The van der Waals surface area contributed by atoms with Crippen molar-refractivity contribution in [3.63, 3.8) is 0 Å². The van der Waals surface area contributed by atoms with E-state index in [4.69, 9.17) is 9.47 Å². The molecule has 0 unspecified atom stereocenters. The number of nitrogens with zero attached hydrogens (tertiary/aromatic N) is 1. The first kappa shape index (κ1) is 19.8. The van der Waals surface area contributed by atoms with Crippen LogP contribution in [-0.2, 0) is 25.7 Å². The standard InChI is InChI=1S/C20H26N2O4S/c1-14(20(24)21-15-8-4-2-3-5-9-15)26-19(23)13-25-12-18-22-16-10-6-7-11-17(16)27-18/h6-7,10-11,14-15H,2-5,8-9,12-13H2,1H3,(H,21,24)/t14-/m0/s1. The van der Waals surface area contributed by atoms with E-state index in [9.17, 15) is 9.59 Å². The summed E-state index contributed by atoms with van der Waals surface area (Å²) in [5.74, 6) is -0.777. The zero-order valence-corrected chi connectivity index (χ0v) is 16.4. The minimum Gasteiger partial charge on any atom is -0.451 e. The molecule has 1 amide bonds. The summed E-state index contributed by atoms with van der Waals surface area (Å²) in [6.45, 7) is 1.64. The number of esters is 1. The molecule has 6 nitrogen and oxygen atoms in total. The largest absolute Gasteiger partial charge is 0.451 e. The summed E-state index contributed by atoms with van der Waals surface area (Å²) >= 11 is 1.54. The number of hydrogen-bond acceptors (Lipinski definition) is 6. The molecule has 27 heavy (non-hydrogen) atoms. The van der Waals surface area contributed by atoms with Crippen LogP contribution < -0.4 is 5.32 Å². The Labute approximate surface area is 163 Å². The Morgan fingerprint density at radius 3 is 2.70 bits per heavy atom. The number of hydrogen-bond donors (Lipinski definition) is 1. The maximum absolute atomic E-state index is 12.2. The first-order chi connectivity index (χ1) is 13.1. The van der Waals surface area contributed by atoms with Crippen molar-refractivity contribution in [3.05, 3.63) is 29.3 Å². The summed E-state index contributed by atoms with van der Waals surface area (Å²) in [6, 6.07) is 8.03. The highest BCUT2D eigenvalue weighted by atomic mass is 32.1. The lowest BCUT2D eigenvalue weighted by Crippen LogP contribution is -2.42. The molecule has 0 radical (unpaired) electrons. The Hall–Kier alpha value is -1.99. The number of amides is 1. The molecular weight excluding hydrogens is 364 g/mol. The fraction of sp³-hybridized carbons (Fsp3) is 0.550. The lowest BCUT2D eigenvalue weighted by molar-refractivity contribution is -0.159. The molecule has 1 aromatic heterocycles. The van der Waals surface area contributed by atoms with Gasteiger partial charge in [-0.05, 0) is 31.9 Å². The number of fused-ring (bicyclic) bond motifs is 1. The van der Waals surface area contributed by atoms with Gasteiger partial charge in [-0.3, -0.25) is 4.79 Å². The van der Waals surface area contributed by atoms with Crippen LogP contribution in [0.3, 0.4) is 0 Å². The maximum Gasteiger partial charge on any atom is 0.332 e. The number of rotatable bonds is 7. The van der Waals surface area contributed by atoms with Crippen LogP contribution in [0.2, 0.25) is 0 Å². The summed E-state index contributed by atoms with van der Waals surface area (Å²) in [5.41, 5.74) is 0.924. The number of nitrogens with one attached hydrogen (secondary N) is 1. The number of aromatic nitrogens is 1. The highest BCUT2D eigenvalue weighted by Crippen LogP contribution is 2.22. The predicted octanol–water partition coefficient (Wildman–Crippen LogP) is 3.58. The van der Waals surface area contributed by atoms with Gasteiger partial charge in [0.1, 0.15) is 11.6 Å². The van der Waals surface area contributed by atoms with Crippen LogP contribution in [0.25, 0.3) is 10.2 Å². The van der Waals surface area contributed by atoms with Gasteiger partial charge in [-0.25, -0.2) is 9.78 Å². The van der Waals surface area contributed by atoms with Crippen molar-refractivity contribution in [2.75, 3.05) is 6.61 Å². The van der Waals surface area contributed by atoms with Gasteiger partial charge in [0.2, 0.25) is 0 Å². The normalized spacial score (nSPS) is 16.6. The summed E-state index contributed by atoms with van der Waals surface area (Å²) < 4.78 is 11.7. The molecule has 0 aliphatic heterocycles. The SMILES string of the molecule is C[C@H](OC(=O)COCc1nc2ccccc2s1)C(=O)NC1CCCCCC1. The molecule has 1 saturated carbocycles. The lowest BCUT2D eigenvalue weighted by Gasteiger charge is -2.19. The van der Waals surface area contributed by atoms with E-state index in [2.05, 4.69) is 10.3 Å². The molecule has 146 valence electrons. The molecule has 0 spiro atoms. The van der Waals surface area contributed by atoms with Crippen molar-refractivity contribution in [2.24, 2.45) is 0 Å². The van der Waals surface area contributed by atoms with Crippen molar-refractivity contribution in [2.45, 2.75) is 64.2 Å². The van der Waals surface area contributed by atoms with Crippen molar-refractivity contribution in [1.29, 1.82) is 0 Å². The second-order valence-electron chi connectivity index (χ2n) is 6.90. The van der Waals surface area contributed by atoms with Crippen molar-refractivity contribution in [1.82, 2.24) is 10.3 Å². The summed E-state index contributed by atoms with van der Waals surface area (Å²) in [7, 11) is 0. The Bertz CT molecular complexity index is 735. The number of benzene rings is 1. The maximum atomic E-state index is 12.2. The van der Waals surface area contributed by atoms with E-state index in [0.29, 0.717) is 0 Å². The van der Waals surface area contributed by atoms with Gasteiger partial charge in [0.15, 0.2) is 6.10 Å². The van der Waals surface area contributed by atoms with Gasteiger partial charge in [-0.1, -0.05) is 37.8 Å². The van der Waals surface area contributed by atoms with Crippen LogP contribution in [0.15, 0.2) is 24.3 Å². The van der Waals surface area contributed by atoms with E-state index in [-0.39, 0.29) is 25.2 Å². The number of carbonyl (C=O) groups excluding carboxylic acids is 2. The van der Waals surface area contributed by atoms with Gasteiger partial charge in [-0.15, -0.1) is 11.3 Å². The molecule has 1 fully saturated rings. The molecular formula is C20H26N2O4S. The minimum absolute atomic E-state index is 0.191. The summed E-state index contributed by atoms with van der Waals surface area (Å²) in [5, 5.41) is 3.80. The molecule has 2 aromatic rings. The van der Waals surface area contributed by atoms with Crippen LogP contribution in [0.1, 0.15) is 50.5 Å². The second kappa shape index (κ2) is 9.80. The van der Waals surface area contributed by atoms with Gasteiger partial charge in [0.05, 0.1) is 16.8 Å². The summed E-state index contributed by atoms with van der Waals surface area (Å²) in [4.78, 5) is 28.6.